The molecule has 3 N–H and O–H groups in total. The van der Waals surface area contributed by atoms with Crippen LogP contribution in [0.15, 0.2) is 35.1 Å². The topological polar surface area (TPSA) is 102 Å². The summed E-state index contributed by atoms with van der Waals surface area (Å²) in [6.45, 7) is 0. The number of aromatic nitrogens is 2. The lowest BCUT2D eigenvalue weighted by Crippen LogP contribution is -2.08. The molecule has 17 heavy (non-hydrogen) atoms. The Bertz CT molecular complexity index is 625. The number of nitrogens with one attached hydrogen (secondary N) is 2. The molecule has 0 bridgehead atoms. The van der Waals surface area contributed by atoms with Crippen LogP contribution in [0.4, 0.5) is 11.6 Å². The second-order valence-electron chi connectivity index (χ2n) is 3.27. The molecule has 6 heteroatoms. The maximum absolute atomic E-state index is 11.1. The number of H-pyrrole nitrogens is 1. The summed E-state index contributed by atoms with van der Waals surface area (Å²) in [7, 11) is 0. The zero-order valence-corrected chi connectivity index (χ0v) is 8.64. The molecular weight excluding hydrogens is 223 g/mol. The molecule has 0 saturated carbocycles. The van der Waals surface area contributed by atoms with Gasteiger partial charge in [-0.15, -0.1) is 0 Å². The Balaban J connectivity index is 2.25. The molecule has 1 aromatic carbocycles. The third kappa shape index (κ3) is 2.60. The second kappa shape index (κ2) is 4.37. The summed E-state index contributed by atoms with van der Waals surface area (Å²) in [5.74, 6) is -0.218. The van der Waals surface area contributed by atoms with Crippen LogP contribution in [0, 0.1) is 11.3 Å². The Morgan fingerprint density at radius 2 is 2.06 bits per heavy atom. The number of nitrogens with zero attached hydrogens (tertiary/aromatic N) is 2. The number of hydrogen-bond donors (Lipinski definition) is 3. The highest BCUT2D eigenvalue weighted by Gasteiger charge is 2.00. The predicted molar refractivity (Wildman–Crippen MR) is 61.0 cm³/mol. The molecule has 0 spiro atoms. The first kappa shape index (κ1) is 10.7. The predicted octanol–water partition coefficient (Wildman–Crippen LogP) is 1.09. The maximum Gasteiger partial charge on any atom is 0.256 e. The van der Waals surface area contributed by atoms with Gasteiger partial charge in [0.25, 0.3) is 5.56 Å². The zero-order chi connectivity index (χ0) is 12.3. The highest BCUT2D eigenvalue weighted by atomic mass is 16.4. The van der Waals surface area contributed by atoms with Gasteiger partial charge in [0, 0.05) is 5.69 Å². The number of benzene rings is 1. The van der Waals surface area contributed by atoms with Crippen LogP contribution in [0.5, 0.6) is 5.88 Å². The van der Waals surface area contributed by atoms with Crippen LogP contribution >= 0.6 is 0 Å². The Hall–Kier alpha value is -2.81. The van der Waals surface area contributed by atoms with Gasteiger partial charge < -0.3 is 10.4 Å². The van der Waals surface area contributed by atoms with E-state index in [1.807, 2.05) is 6.07 Å². The minimum Gasteiger partial charge on any atom is -0.493 e. The van der Waals surface area contributed by atoms with Gasteiger partial charge in [-0.3, -0.25) is 9.78 Å². The summed E-state index contributed by atoms with van der Waals surface area (Å²) in [5.41, 5.74) is 0.735. The quantitative estimate of drug-likeness (QED) is 0.718. The fraction of sp³-hybridized carbons (Fsp3) is 0. The first-order chi connectivity index (χ1) is 8.17. The van der Waals surface area contributed by atoms with Crippen molar-refractivity contribution in [1.29, 1.82) is 5.26 Å². The Labute approximate surface area is 96.2 Å². The Kier molecular flexibility index (Phi) is 2.75. The van der Waals surface area contributed by atoms with Gasteiger partial charge in [-0.1, -0.05) is 0 Å². The van der Waals surface area contributed by atoms with E-state index in [0.717, 1.165) is 6.07 Å². The smallest absolute Gasteiger partial charge is 0.256 e. The lowest BCUT2D eigenvalue weighted by molar-refractivity contribution is 0.452. The molecule has 0 amide bonds. The third-order valence-corrected chi connectivity index (χ3v) is 2.00. The first-order valence-corrected chi connectivity index (χ1v) is 4.75. The SMILES string of the molecule is N#Cc1ccc(Nc2n[13c](O)[13cH][13c](=O)[nH]2)cc1. The number of anilines is 2. The van der Waals surface area contributed by atoms with Crippen LogP contribution in [0.2, 0.25) is 0 Å². The normalized spacial score (nSPS) is 9.59. The third-order valence-electron chi connectivity index (χ3n) is 2.00. The van der Waals surface area contributed by atoms with E-state index in [4.69, 9.17) is 10.4 Å². The zero-order valence-electron chi connectivity index (χ0n) is 8.64. The highest BCUT2D eigenvalue weighted by Crippen LogP contribution is 2.13. The van der Waals surface area contributed by atoms with Crippen molar-refractivity contribution in [2.75, 3.05) is 5.32 Å². The van der Waals surface area contributed by atoms with Gasteiger partial charge in [0.2, 0.25) is 11.8 Å². The van der Waals surface area contributed by atoms with Crippen molar-refractivity contribution < 1.29 is 5.11 Å². The molecule has 84 valence electrons. The van der Waals surface area contributed by atoms with Crippen LogP contribution in [-0.2, 0) is 0 Å². The summed E-state index contributed by atoms with van der Waals surface area (Å²) in [5, 5.41) is 20.6. The number of aromatic hydroxyl groups is 1. The molecule has 0 aliphatic rings. The van der Waals surface area contributed by atoms with Crippen molar-refractivity contribution in [3.63, 3.8) is 0 Å². The van der Waals surface area contributed by atoms with Crippen molar-refractivity contribution >= 4 is 11.6 Å². The van der Waals surface area contributed by atoms with Gasteiger partial charge in [-0.2, -0.15) is 10.2 Å². The molecule has 0 saturated heterocycles. The molecule has 0 fully saturated rings. The molecule has 1 heterocycles. The van der Waals surface area contributed by atoms with Crippen molar-refractivity contribution in [3.8, 4) is 11.9 Å². The molecular formula is C11H8N4O2. The summed E-state index contributed by atoms with van der Waals surface area (Å²) in [6.07, 6.45) is 0. The molecule has 1 aromatic heterocycles. The molecule has 2 aromatic rings. The number of nitriles is 1. The van der Waals surface area contributed by atoms with Crippen molar-refractivity contribution in [3.05, 3.63) is 46.2 Å². The fourth-order valence-electron chi connectivity index (χ4n) is 1.27. The molecule has 0 atom stereocenters. The minimum absolute atomic E-state index is 0.139. The van der Waals surface area contributed by atoms with Crippen LogP contribution in [0.25, 0.3) is 0 Å². The average molecular weight is 231 g/mol. The van der Waals surface area contributed by atoms with Crippen LogP contribution in [0.1, 0.15) is 5.56 Å². The average Bonchev–Trinajstić information content (AvgIpc) is 2.28. The number of rotatable bonds is 2. The molecule has 0 aliphatic carbocycles. The molecule has 0 radical (unpaired) electrons. The standard InChI is InChI=1S/C11H8N4O2/c12-6-7-1-3-8(4-2-7)13-11-14-9(16)5-10(17)15-11/h1-5H,(H3,13,14,15,16,17)/i5+1,9+1,10+1. The lowest BCUT2D eigenvalue weighted by atomic mass is 10.2. The van der Waals surface area contributed by atoms with Crippen LogP contribution in [0.3, 0.4) is 0 Å². The maximum atomic E-state index is 11.1. The molecule has 2 rings (SSSR count). The van der Waals surface area contributed by atoms with Crippen molar-refractivity contribution in [2.45, 2.75) is 0 Å². The van der Waals surface area contributed by atoms with Gasteiger partial charge in [0.05, 0.1) is 17.7 Å². The van der Waals surface area contributed by atoms with E-state index < -0.39 is 5.56 Å². The van der Waals surface area contributed by atoms with Gasteiger partial charge in [0.1, 0.15) is 0 Å². The van der Waals surface area contributed by atoms with E-state index in [0.29, 0.717) is 11.3 Å². The van der Waals surface area contributed by atoms with Gasteiger partial charge in [-0.25, -0.2) is 0 Å². The summed E-state index contributed by atoms with van der Waals surface area (Å²) in [4.78, 5) is 17.2. The molecule has 6 nitrogen and oxygen atoms in total. The summed E-state index contributed by atoms with van der Waals surface area (Å²) < 4.78 is 0. The molecule has 0 unspecified atom stereocenters. The van der Waals surface area contributed by atoms with E-state index in [1.54, 1.807) is 24.3 Å². The largest absolute Gasteiger partial charge is 0.493 e. The lowest BCUT2D eigenvalue weighted by Gasteiger charge is -2.04. The minimum atomic E-state index is -0.450. The molecule has 0 aliphatic heterocycles. The van der Waals surface area contributed by atoms with E-state index in [2.05, 4.69) is 15.3 Å². The number of hydrogen-bond acceptors (Lipinski definition) is 5. The first-order valence-electron chi connectivity index (χ1n) is 4.75. The van der Waals surface area contributed by atoms with Crippen molar-refractivity contribution in [2.24, 2.45) is 0 Å². The monoisotopic (exact) mass is 231 g/mol. The van der Waals surface area contributed by atoms with Gasteiger partial charge >= 0.3 is 0 Å². The fourth-order valence-corrected chi connectivity index (χ4v) is 1.27. The van der Waals surface area contributed by atoms with E-state index in [-0.39, 0.29) is 11.8 Å². The van der Waals surface area contributed by atoms with E-state index >= 15 is 0 Å². The van der Waals surface area contributed by atoms with Crippen LogP contribution < -0.4 is 10.9 Å². The van der Waals surface area contributed by atoms with Crippen molar-refractivity contribution in [1.82, 2.24) is 9.97 Å². The van der Waals surface area contributed by atoms with E-state index in [9.17, 15) is 4.79 Å². The number of aromatic amines is 1. The van der Waals surface area contributed by atoms with Gasteiger partial charge in [0.15, 0.2) is 0 Å². The highest BCUT2D eigenvalue weighted by molar-refractivity contribution is 5.54. The summed E-state index contributed by atoms with van der Waals surface area (Å²) >= 11 is 0. The summed E-state index contributed by atoms with van der Waals surface area (Å²) in [6, 6.07) is 9.57. The van der Waals surface area contributed by atoms with Crippen LogP contribution in [-0.4, -0.2) is 15.1 Å². The Morgan fingerprint density at radius 3 is 2.65 bits per heavy atom. The second-order valence-corrected chi connectivity index (χ2v) is 3.27. The van der Waals surface area contributed by atoms with E-state index in [1.165, 1.54) is 0 Å². The Morgan fingerprint density at radius 1 is 1.35 bits per heavy atom. The van der Waals surface area contributed by atoms with Gasteiger partial charge in [-0.05, 0) is 24.3 Å².